The highest BCUT2D eigenvalue weighted by Gasteiger charge is 2.28. The van der Waals surface area contributed by atoms with Crippen LogP contribution in [0.5, 0.6) is 5.75 Å². The molecule has 0 aliphatic heterocycles. The molecular formula is C21H24O3. The van der Waals surface area contributed by atoms with Gasteiger partial charge in [-0.3, -0.25) is 0 Å². The second-order valence-electron chi connectivity index (χ2n) is 5.82. The van der Waals surface area contributed by atoms with Gasteiger partial charge in [-0.25, -0.2) is 4.79 Å². The summed E-state index contributed by atoms with van der Waals surface area (Å²) in [5.74, 6) is 1.09. The summed E-state index contributed by atoms with van der Waals surface area (Å²) >= 11 is 0. The number of esters is 1. The van der Waals surface area contributed by atoms with Crippen molar-refractivity contribution < 1.29 is 14.3 Å². The van der Waals surface area contributed by atoms with E-state index in [1.54, 1.807) is 31.4 Å². The molecule has 0 amide bonds. The number of allylic oxidation sites excluding steroid dienone is 5. The van der Waals surface area contributed by atoms with Gasteiger partial charge in [-0.05, 0) is 41.7 Å². The number of carbonyl (C=O) groups is 1. The molecule has 0 saturated heterocycles. The van der Waals surface area contributed by atoms with Gasteiger partial charge in [-0.2, -0.15) is 0 Å². The molecule has 1 aromatic rings. The molecular weight excluding hydrogens is 300 g/mol. The van der Waals surface area contributed by atoms with Crippen molar-refractivity contribution in [3.05, 3.63) is 78.9 Å². The summed E-state index contributed by atoms with van der Waals surface area (Å²) in [6, 6.07) is 7.69. The van der Waals surface area contributed by atoms with Crippen molar-refractivity contribution in [3.8, 4) is 5.75 Å². The van der Waals surface area contributed by atoms with E-state index in [-0.39, 0.29) is 12.1 Å². The van der Waals surface area contributed by atoms with Crippen LogP contribution in [-0.4, -0.2) is 13.1 Å². The van der Waals surface area contributed by atoms with Gasteiger partial charge in [-0.1, -0.05) is 56.4 Å². The highest BCUT2D eigenvalue weighted by Crippen LogP contribution is 2.39. The van der Waals surface area contributed by atoms with Crippen LogP contribution >= 0.6 is 0 Å². The van der Waals surface area contributed by atoms with Crippen LogP contribution in [0.1, 0.15) is 30.9 Å². The van der Waals surface area contributed by atoms with Crippen molar-refractivity contribution in [1.29, 1.82) is 0 Å². The van der Waals surface area contributed by atoms with Crippen molar-refractivity contribution in [2.45, 2.75) is 25.4 Å². The molecule has 1 aliphatic carbocycles. The van der Waals surface area contributed by atoms with Crippen molar-refractivity contribution >= 4 is 5.97 Å². The summed E-state index contributed by atoms with van der Waals surface area (Å²) in [6.45, 7) is 7.33. The summed E-state index contributed by atoms with van der Waals surface area (Å²) in [7, 11) is 1.63. The van der Waals surface area contributed by atoms with Crippen molar-refractivity contribution in [2.24, 2.45) is 5.92 Å². The fraction of sp³-hybridized carbons (Fsp3) is 0.286. The molecule has 2 rings (SSSR count). The lowest BCUT2D eigenvalue weighted by molar-refractivity contribution is -0.143. The first-order chi connectivity index (χ1) is 11.7. The molecule has 0 N–H and O–H groups in total. The first kappa shape index (κ1) is 17.8. The molecule has 0 radical (unpaired) electrons. The average Bonchev–Trinajstić information content (AvgIpc) is 3.42. The number of hydrogen-bond acceptors (Lipinski definition) is 3. The smallest absolute Gasteiger partial charge is 0.331 e. The second kappa shape index (κ2) is 8.92. The van der Waals surface area contributed by atoms with E-state index in [9.17, 15) is 4.79 Å². The molecule has 0 heterocycles. The number of ether oxygens (including phenoxy) is 2. The van der Waals surface area contributed by atoms with Crippen molar-refractivity contribution in [2.75, 3.05) is 7.11 Å². The molecule has 3 heteroatoms. The molecule has 1 fully saturated rings. The predicted octanol–water partition coefficient (Wildman–Crippen LogP) is 4.93. The minimum absolute atomic E-state index is 0.226. The lowest BCUT2D eigenvalue weighted by atomic mass is 10.0. The van der Waals surface area contributed by atoms with Gasteiger partial charge in [0.05, 0.1) is 7.11 Å². The van der Waals surface area contributed by atoms with Crippen LogP contribution in [-0.2, 0) is 9.53 Å². The van der Waals surface area contributed by atoms with E-state index in [2.05, 4.69) is 13.2 Å². The third kappa shape index (κ3) is 5.58. The maximum atomic E-state index is 12.2. The summed E-state index contributed by atoms with van der Waals surface area (Å²) < 4.78 is 10.9. The van der Waals surface area contributed by atoms with Gasteiger partial charge in [0, 0.05) is 6.08 Å². The predicted molar refractivity (Wildman–Crippen MR) is 96.8 cm³/mol. The zero-order valence-electron chi connectivity index (χ0n) is 14.1. The molecule has 0 spiro atoms. The third-order valence-electron chi connectivity index (χ3n) is 3.95. The number of rotatable bonds is 9. The van der Waals surface area contributed by atoms with Gasteiger partial charge < -0.3 is 9.47 Å². The Balaban J connectivity index is 2.05. The van der Waals surface area contributed by atoms with Crippen LogP contribution in [0.4, 0.5) is 0 Å². The molecule has 0 aromatic heterocycles. The van der Waals surface area contributed by atoms with Crippen LogP contribution in [0.2, 0.25) is 0 Å². The third-order valence-corrected chi connectivity index (χ3v) is 3.95. The van der Waals surface area contributed by atoms with Crippen LogP contribution in [0, 0.1) is 5.92 Å². The summed E-state index contributed by atoms with van der Waals surface area (Å²) in [5.41, 5.74) is 1.81. The topological polar surface area (TPSA) is 35.5 Å². The second-order valence-corrected chi connectivity index (χ2v) is 5.82. The Labute approximate surface area is 144 Å². The van der Waals surface area contributed by atoms with Crippen molar-refractivity contribution in [1.82, 2.24) is 0 Å². The molecule has 1 atom stereocenters. The Morgan fingerprint density at radius 3 is 2.50 bits per heavy atom. The minimum atomic E-state index is -0.353. The number of hydrogen-bond donors (Lipinski definition) is 0. The number of methoxy groups -OCH3 is 1. The molecule has 126 valence electrons. The van der Waals surface area contributed by atoms with Gasteiger partial charge >= 0.3 is 5.97 Å². The monoisotopic (exact) mass is 324 g/mol. The van der Waals surface area contributed by atoms with Crippen molar-refractivity contribution in [3.63, 3.8) is 0 Å². The highest BCUT2D eigenvalue weighted by molar-refractivity contribution is 5.83. The molecule has 1 unspecified atom stereocenters. The molecule has 0 bridgehead atoms. The van der Waals surface area contributed by atoms with Gasteiger partial charge in [0.2, 0.25) is 0 Å². The highest BCUT2D eigenvalue weighted by atomic mass is 16.5. The SMILES string of the molecule is C=C/C=C(C=C)/C=C/C(=O)OC(CC1CC1)c1ccc(OC)cc1. The number of benzene rings is 1. The van der Waals surface area contributed by atoms with Crippen LogP contribution in [0.15, 0.2) is 73.4 Å². The summed E-state index contributed by atoms with van der Waals surface area (Å²) in [4.78, 5) is 12.2. The average molecular weight is 324 g/mol. The van der Waals surface area contributed by atoms with Crippen LogP contribution in [0.3, 0.4) is 0 Å². The largest absolute Gasteiger partial charge is 0.497 e. The maximum absolute atomic E-state index is 12.2. The molecule has 1 saturated carbocycles. The Bertz CT molecular complexity index is 634. The van der Waals surface area contributed by atoms with E-state index in [0.717, 1.165) is 23.3 Å². The Morgan fingerprint density at radius 1 is 1.25 bits per heavy atom. The molecule has 24 heavy (non-hydrogen) atoms. The maximum Gasteiger partial charge on any atom is 0.331 e. The minimum Gasteiger partial charge on any atom is -0.497 e. The lowest BCUT2D eigenvalue weighted by Gasteiger charge is -2.17. The van der Waals surface area contributed by atoms with E-state index < -0.39 is 0 Å². The zero-order chi connectivity index (χ0) is 17.4. The fourth-order valence-corrected chi connectivity index (χ4v) is 2.40. The Morgan fingerprint density at radius 2 is 1.96 bits per heavy atom. The van der Waals surface area contributed by atoms with Crippen LogP contribution < -0.4 is 4.74 Å². The summed E-state index contributed by atoms with van der Waals surface area (Å²) in [5, 5.41) is 0. The Hall–Kier alpha value is -2.55. The van der Waals surface area contributed by atoms with E-state index in [1.807, 2.05) is 24.3 Å². The molecule has 1 aromatic carbocycles. The van der Waals surface area contributed by atoms with E-state index >= 15 is 0 Å². The van der Waals surface area contributed by atoms with Gasteiger partial charge in [-0.15, -0.1) is 0 Å². The number of carbonyl (C=O) groups excluding carboxylic acids is 1. The first-order valence-electron chi connectivity index (χ1n) is 8.14. The van der Waals surface area contributed by atoms with E-state index in [1.165, 1.54) is 18.9 Å². The standard InChI is InChI=1S/C21H24O3/c1-4-6-16(5-2)9-14-21(22)24-20(15-17-7-8-17)18-10-12-19(23-3)13-11-18/h4-6,9-14,17,20H,1-2,7-8,15H2,3H3/b14-9+,16-6+. The quantitative estimate of drug-likeness (QED) is 0.367. The fourth-order valence-electron chi connectivity index (χ4n) is 2.40. The summed E-state index contributed by atoms with van der Waals surface area (Å²) in [6.07, 6.45) is 11.3. The lowest BCUT2D eigenvalue weighted by Crippen LogP contribution is -2.10. The molecule has 1 aliphatic rings. The molecule has 3 nitrogen and oxygen atoms in total. The first-order valence-corrected chi connectivity index (χ1v) is 8.14. The Kier molecular flexibility index (Phi) is 6.62. The zero-order valence-corrected chi connectivity index (χ0v) is 14.1. The van der Waals surface area contributed by atoms with E-state index in [4.69, 9.17) is 9.47 Å². The van der Waals surface area contributed by atoms with Gasteiger partial charge in [0.15, 0.2) is 0 Å². The van der Waals surface area contributed by atoms with Gasteiger partial charge in [0.25, 0.3) is 0 Å². The normalized spacial score (nSPS) is 15.8. The van der Waals surface area contributed by atoms with Crippen LogP contribution in [0.25, 0.3) is 0 Å². The van der Waals surface area contributed by atoms with Gasteiger partial charge in [0.1, 0.15) is 11.9 Å². The van der Waals surface area contributed by atoms with E-state index in [0.29, 0.717) is 5.92 Å².